The fourth-order valence-electron chi connectivity index (χ4n) is 3.97. The normalized spacial score (nSPS) is 13.5. The summed E-state index contributed by atoms with van der Waals surface area (Å²) in [4.78, 5) is 15.5. The minimum Gasteiger partial charge on any atom is -0.512 e. The van der Waals surface area contributed by atoms with E-state index >= 15 is 0 Å². The maximum absolute atomic E-state index is 13.3. The van der Waals surface area contributed by atoms with E-state index in [9.17, 15) is 18.3 Å². The number of imidazole rings is 1. The number of alkyl halides is 3. The summed E-state index contributed by atoms with van der Waals surface area (Å²) >= 11 is 0. The monoisotopic (exact) mass is 506 g/mol. The molecule has 3 aromatic heterocycles. The van der Waals surface area contributed by atoms with Gasteiger partial charge in [-0.05, 0) is 80.8 Å². The van der Waals surface area contributed by atoms with Crippen molar-refractivity contribution < 1.29 is 23.0 Å². The van der Waals surface area contributed by atoms with Crippen LogP contribution < -0.4 is 4.74 Å². The summed E-state index contributed by atoms with van der Waals surface area (Å²) < 4.78 is 45.9. The molecule has 1 aliphatic carbocycles. The lowest BCUT2D eigenvalue weighted by molar-refractivity contribution is -0.137. The van der Waals surface area contributed by atoms with Gasteiger partial charge in [-0.2, -0.15) is 13.2 Å². The molecular weight excluding hydrogens is 481 g/mol. The minimum absolute atomic E-state index is 0.174. The molecule has 1 aliphatic rings. The van der Waals surface area contributed by atoms with Crippen LogP contribution in [0.3, 0.4) is 0 Å². The summed E-state index contributed by atoms with van der Waals surface area (Å²) in [6.07, 6.45) is 1.66. The number of allylic oxidation sites excluding steroid dienone is 1. The maximum Gasteiger partial charge on any atom is 0.418 e. The van der Waals surface area contributed by atoms with Gasteiger partial charge in [-0.25, -0.2) is 4.98 Å². The highest BCUT2D eigenvalue weighted by atomic mass is 19.4. The first-order chi connectivity index (χ1) is 17.6. The average Bonchev–Trinajstić information content (AvgIpc) is 3.63. The van der Waals surface area contributed by atoms with Crippen LogP contribution in [0.4, 0.5) is 13.2 Å². The molecule has 37 heavy (non-hydrogen) atoms. The molecular formula is C28H25F3N4O2. The molecule has 2 N–H and O–H groups in total. The Morgan fingerprint density at radius 1 is 0.946 bits per heavy atom. The predicted octanol–water partition coefficient (Wildman–Crippen LogP) is 7.23. The summed E-state index contributed by atoms with van der Waals surface area (Å²) in [5, 5.41) is 10.3. The molecule has 1 aromatic carbocycles. The van der Waals surface area contributed by atoms with E-state index in [1.54, 1.807) is 12.3 Å². The standard InChI is InChI=1S/C28H25F3N4O2/c1-27(2,25(36)18-5-6-18)16-37-20-10-7-17(8-11-20)22-12-9-19(14-33-22)26-34-15-23(35-26)24-21(28(29,30)31)4-3-13-32-24/h3-4,7-15,36H,5-6,16H2,1-2H3,(H,34,35). The number of hydrogen-bond acceptors (Lipinski definition) is 5. The number of nitrogens with one attached hydrogen (secondary N) is 1. The summed E-state index contributed by atoms with van der Waals surface area (Å²) in [6, 6.07) is 13.4. The minimum atomic E-state index is -4.52. The van der Waals surface area contributed by atoms with E-state index in [1.807, 2.05) is 44.2 Å². The number of nitrogens with zero attached hydrogens (tertiary/aromatic N) is 3. The van der Waals surface area contributed by atoms with E-state index in [4.69, 9.17) is 4.74 Å². The smallest absolute Gasteiger partial charge is 0.418 e. The van der Waals surface area contributed by atoms with Crippen molar-refractivity contribution in [1.29, 1.82) is 0 Å². The zero-order valence-electron chi connectivity index (χ0n) is 20.3. The number of benzene rings is 1. The first-order valence-corrected chi connectivity index (χ1v) is 11.8. The second-order valence-electron chi connectivity index (χ2n) is 9.62. The van der Waals surface area contributed by atoms with Gasteiger partial charge in [0.05, 0.1) is 28.6 Å². The van der Waals surface area contributed by atoms with Crippen molar-refractivity contribution in [2.24, 2.45) is 5.41 Å². The SMILES string of the molecule is CC(C)(COc1ccc(-c2ccc(-c3ncc(-c4ncccc4C(F)(F)F)[nH]3)cn2)cc1)C(O)=C1CC1. The van der Waals surface area contributed by atoms with Crippen molar-refractivity contribution in [2.45, 2.75) is 32.9 Å². The lowest BCUT2D eigenvalue weighted by atomic mass is 9.91. The van der Waals surface area contributed by atoms with Crippen molar-refractivity contribution in [3.63, 3.8) is 0 Å². The Balaban J connectivity index is 1.28. The van der Waals surface area contributed by atoms with Gasteiger partial charge in [-0.15, -0.1) is 0 Å². The number of H-pyrrole nitrogens is 1. The Morgan fingerprint density at radius 2 is 1.68 bits per heavy atom. The summed E-state index contributed by atoms with van der Waals surface area (Å²) in [5.41, 5.74) is 2.03. The Kier molecular flexibility index (Phi) is 6.23. The van der Waals surface area contributed by atoms with Gasteiger partial charge in [-0.1, -0.05) is 0 Å². The van der Waals surface area contributed by atoms with Gasteiger partial charge in [0.1, 0.15) is 29.6 Å². The van der Waals surface area contributed by atoms with E-state index in [1.165, 1.54) is 18.5 Å². The molecule has 0 amide bonds. The highest BCUT2D eigenvalue weighted by Gasteiger charge is 2.35. The lowest BCUT2D eigenvalue weighted by Gasteiger charge is -2.24. The van der Waals surface area contributed by atoms with Crippen molar-refractivity contribution in [1.82, 2.24) is 19.9 Å². The van der Waals surface area contributed by atoms with Crippen LogP contribution in [0.5, 0.6) is 5.75 Å². The van der Waals surface area contributed by atoms with Gasteiger partial charge < -0.3 is 14.8 Å². The highest BCUT2D eigenvalue weighted by Crippen LogP contribution is 2.39. The first-order valence-electron chi connectivity index (χ1n) is 11.8. The van der Waals surface area contributed by atoms with Crippen LogP contribution in [-0.2, 0) is 6.18 Å². The molecule has 4 aromatic rings. The molecule has 190 valence electrons. The molecule has 1 saturated carbocycles. The molecule has 0 saturated heterocycles. The molecule has 5 rings (SSSR count). The van der Waals surface area contributed by atoms with Gasteiger partial charge in [0.25, 0.3) is 0 Å². The average molecular weight is 507 g/mol. The third-order valence-corrected chi connectivity index (χ3v) is 6.21. The van der Waals surface area contributed by atoms with E-state index in [0.717, 1.165) is 35.7 Å². The molecule has 6 nitrogen and oxygen atoms in total. The van der Waals surface area contributed by atoms with Crippen LogP contribution >= 0.6 is 0 Å². The number of aliphatic hydroxyl groups excluding tert-OH is 1. The second-order valence-corrected chi connectivity index (χ2v) is 9.62. The lowest BCUT2D eigenvalue weighted by Crippen LogP contribution is -2.24. The number of ether oxygens (including phenoxy) is 1. The molecule has 9 heteroatoms. The van der Waals surface area contributed by atoms with Crippen molar-refractivity contribution in [3.8, 4) is 39.8 Å². The summed E-state index contributed by atoms with van der Waals surface area (Å²) in [7, 11) is 0. The molecule has 0 unspecified atom stereocenters. The Hall–Kier alpha value is -4.14. The fraction of sp³-hybridized carbons (Fsp3) is 0.250. The number of aromatic amines is 1. The van der Waals surface area contributed by atoms with Gasteiger partial charge in [-0.3, -0.25) is 9.97 Å². The van der Waals surface area contributed by atoms with Gasteiger partial charge in [0.2, 0.25) is 0 Å². The van der Waals surface area contributed by atoms with Crippen LogP contribution in [0.2, 0.25) is 0 Å². The van der Waals surface area contributed by atoms with Gasteiger partial charge >= 0.3 is 6.18 Å². The zero-order valence-corrected chi connectivity index (χ0v) is 20.3. The van der Waals surface area contributed by atoms with E-state index in [0.29, 0.717) is 29.5 Å². The third kappa shape index (κ3) is 5.35. The highest BCUT2D eigenvalue weighted by molar-refractivity contribution is 5.67. The van der Waals surface area contributed by atoms with Crippen LogP contribution in [0, 0.1) is 5.41 Å². The summed E-state index contributed by atoms with van der Waals surface area (Å²) in [5.74, 6) is 1.51. The van der Waals surface area contributed by atoms with Gasteiger partial charge in [0.15, 0.2) is 0 Å². The topological polar surface area (TPSA) is 83.9 Å². The number of pyridine rings is 2. The van der Waals surface area contributed by atoms with Gasteiger partial charge in [0, 0.05) is 23.5 Å². The summed E-state index contributed by atoms with van der Waals surface area (Å²) in [6.45, 7) is 4.28. The molecule has 0 radical (unpaired) electrons. The molecule has 3 heterocycles. The zero-order chi connectivity index (χ0) is 26.2. The Bertz CT molecular complexity index is 1430. The Morgan fingerprint density at radius 3 is 2.32 bits per heavy atom. The number of aliphatic hydroxyl groups is 1. The predicted molar refractivity (Wildman–Crippen MR) is 134 cm³/mol. The van der Waals surface area contributed by atoms with E-state index in [2.05, 4.69) is 19.9 Å². The van der Waals surface area contributed by atoms with Crippen molar-refractivity contribution in [2.75, 3.05) is 6.61 Å². The second kappa shape index (κ2) is 9.38. The number of aromatic nitrogens is 4. The molecule has 1 fully saturated rings. The fourth-order valence-corrected chi connectivity index (χ4v) is 3.97. The van der Waals surface area contributed by atoms with Crippen molar-refractivity contribution >= 4 is 0 Å². The number of halogens is 3. The van der Waals surface area contributed by atoms with Crippen molar-refractivity contribution in [3.05, 3.63) is 84.0 Å². The third-order valence-electron chi connectivity index (χ3n) is 6.21. The van der Waals surface area contributed by atoms with Crippen LogP contribution in [0.15, 0.2) is 78.5 Å². The Labute approximate surface area is 211 Å². The number of rotatable bonds is 7. The van der Waals surface area contributed by atoms with E-state index < -0.39 is 17.2 Å². The quantitative estimate of drug-likeness (QED) is 0.258. The largest absolute Gasteiger partial charge is 0.512 e. The van der Waals surface area contributed by atoms with Crippen LogP contribution in [0.1, 0.15) is 32.3 Å². The maximum atomic E-state index is 13.3. The molecule has 0 bridgehead atoms. The number of hydrogen-bond donors (Lipinski definition) is 2. The molecule has 0 aliphatic heterocycles. The van der Waals surface area contributed by atoms with Crippen LogP contribution in [0.25, 0.3) is 34.0 Å². The molecule has 0 spiro atoms. The first kappa shape index (κ1) is 24.5. The van der Waals surface area contributed by atoms with Crippen LogP contribution in [-0.4, -0.2) is 31.6 Å². The molecule has 0 atom stereocenters. The van der Waals surface area contributed by atoms with E-state index in [-0.39, 0.29) is 11.4 Å².